The normalized spacial score (nSPS) is 12.2. The van der Waals surface area contributed by atoms with Gasteiger partial charge in [-0.05, 0) is 32.3 Å². The van der Waals surface area contributed by atoms with Gasteiger partial charge in [-0.2, -0.15) is 5.10 Å². The van der Waals surface area contributed by atoms with Gasteiger partial charge in [-0.1, -0.05) is 30.3 Å². The van der Waals surface area contributed by atoms with E-state index in [0.29, 0.717) is 36.5 Å². The van der Waals surface area contributed by atoms with E-state index in [1.54, 1.807) is 4.68 Å². The number of aryl methyl sites for hydroxylation is 2. The van der Waals surface area contributed by atoms with Crippen molar-refractivity contribution in [2.45, 2.75) is 39.3 Å². The summed E-state index contributed by atoms with van der Waals surface area (Å²) in [6.07, 6.45) is 1.31. The molecule has 24 heavy (non-hydrogen) atoms. The highest BCUT2D eigenvalue weighted by Crippen LogP contribution is 2.20. The topological polar surface area (TPSA) is 67.2 Å². The second-order valence-corrected chi connectivity index (χ2v) is 6.14. The molecule has 0 aliphatic heterocycles. The number of aliphatic hydroxyl groups is 1. The number of carbonyl (C=O) groups excluding carboxylic acids is 1. The lowest BCUT2D eigenvalue weighted by Gasteiger charge is -2.19. The minimum absolute atomic E-state index is 0.102. The van der Waals surface area contributed by atoms with E-state index in [1.807, 2.05) is 44.2 Å². The van der Waals surface area contributed by atoms with E-state index in [9.17, 15) is 4.79 Å². The van der Waals surface area contributed by atoms with Crippen LogP contribution in [0.5, 0.6) is 0 Å². The van der Waals surface area contributed by atoms with Crippen molar-refractivity contribution in [3.8, 4) is 0 Å². The van der Waals surface area contributed by atoms with Gasteiger partial charge in [0.05, 0.1) is 23.8 Å². The van der Waals surface area contributed by atoms with Crippen LogP contribution in [0.15, 0.2) is 30.3 Å². The van der Waals surface area contributed by atoms with Gasteiger partial charge in [0.15, 0.2) is 0 Å². The van der Waals surface area contributed by atoms with Gasteiger partial charge in [0.25, 0.3) is 5.91 Å². The van der Waals surface area contributed by atoms with Crippen molar-refractivity contribution in [2.75, 3.05) is 12.5 Å². The van der Waals surface area contributed by atoms with E-state index >= 15 is 0 Å². The Morgan fingerprint density at radius 1 is 1.33 bits per heavy atom. The first kappa shape index (κ1) is 18.5. The largest absolute Gasteiger partial charge is 0.396 e. The average molecular weight is 350 g/mol. The quantitative estimate of drug-likeness (QED) is 0.720. The summed E-state index contributed by atoms with van der Waals surface area (Å²) in [7, 11) is 0. The molecule has 0 saturated carbocycles. The summed E-state index contributed by atoms with van der Waals surface area (Å²) in [5, 5.41) is 16.6. The number of rotatable bonds is 8. The Bertz CT molecular complexity index is 670. The minimum Gasteiger partial charge on any atom is -0.396 e. The van der Waals surface area contributed by atoms with Crippen LogP contribution in [0, 0.1) is 13.8 Å². The summed E-state index contributed by atoms with van der Waals surface area (Å²) in [5.41, 5.74) is 3.15. The molecule has 0 aliphatic carbocycles. The van der Waals surface area contributed by atoms with E-state index in [0.717, 1.165) is 11.3 Å². The Morgan fingerprint density at radius 2 is 2.04 bits per heavy atom. The molecule has 1 heterocycles. The summed E-state index contributed by atoms with van der Waals surface area (Å²) < 4.78 is 1.77. The molecule has 0 saturated heterocycles. The Hall–Kier alpha value is -1.85. The number of nitrogens with zero attached hydrogens (tertiary/aromatic N) is 2. The lowest BCUT2D eigenvalue weighted by Crippen LogP contribution is -2.29. The van der Waals surface area contributed by atoms with E-state index in [-0.39, 0.29) is 18.6 Å². The van der Waals surface area contributed by atoms with Gasteiger partial charge in [-0.15, -0.1) is 11.6 Å². The first-order valence-corrected chi connectivity index (χ1v) is 8.68. The molecule has 1 aromatic carbocycles. The summed E-state index contributed by atoms with van der Waals surface area (Å²) in [5.74, 6) is 0.309. The van der Waals surface area contributed by atoms with Crippen molar-refractivity contribution in [2.24, 2.45) is 0 Å². The highest BCUT2D eigenvalue weighted by molar-refractivity contribution is 6.17. The maximum atomic E-state index is 12.8. The molecule has 0 radical (unpaired) electrons. The highest BCUT2D eigenvalue weighted by Gasteiger charge is 2.21. The number of halogens is 1. The molecule has 1 amide bonds. The van der Waals surface area contributed by atoms with Gasteiger partial charge < -0.3 is 10.4 Å². The molecule has 6 heteroatoms. The second-order valence-electron chi connectivity index (χ2n) is 5.76. The minimum atomic E-state index is -0.141. The smallest absolute Gasteiger partial charge is 0.255 e. The molecule has 0 spiro atoms. The third-order valence-electron chi connectivity index (χ3n) is 4.06. The summed E-state index contributed by atoms with van der Waals surface area (Å²) >= 11 is 5.79. The Morgan fingerprint density at radius 3 is 2.67 bits per heavy atom. The molecule has 0 fully saturated rings. The van der Waals surface area contributed by atoms with Crippen molar-refractivity contribution >= 4 is 17.5 Å². The molecule has 1 atom stereocenters. The molecule has 1 aromatic heterocycles. The van der Waals surface area contributed by atoms with Crippen LogP contribution in [-0.4, -0.2) is 33.3 Å². The molecular formula is C18H24ClN3O2. The molecule has 0 aliphatic rings. The van der Waals surface area contributed by atoms with Crippen LogP contribution in [0.3, 0.4) is 0 Å². The number of hydrogen-bond donors (Lipinski definition) is 2. The van der Waals surface area contributed by atoms with Crippen molar-refractivity contribution in [1.29, 1.82) is 0 Å². The van der Waals surface area contributed by atoms with Crippen molar-refractivity contribution in [3.63, 3.8) is 0 Å². The monoisotopic (exact) mass is 349 g/mol. The fourth-order valence-electron chi connectivity index (χ4n) is 2.86. The summed E-state index contributed by atoms with van der Waals surface area (Å²) in [4.78, 5) is 12.8. The third kappa shape index (κ3) is 4.36. The molecule has 2 aromatic rings. The van der Waals surface area contributed by atoms with E-state index in [4.69, 9.17) is 16.7 Å². The third-order valence-corrected chi connectivity index (χ3v) is 4.23. The zero-order chi connectivity index (χ0) is 17.5. The lowest BCUT2D eigenvalue weighted by atomic mass is 10.0. The van der Waals surface area contributed by atoms with Gasteiger partial charge in [0, 0.05) is 18.2 Å². The van der Waals surface area contributed by atoms with Crippen LogP contribution in [0.25, 0.3) is 0 Å². The zero-order valence-corrected chi connectivity index (χ0v) is 14.9. The zero-order valence-electron chi connectivity index (χ0n) is 14.1. The second kappa shape index (κ2) is 8.85. The first-order chi connectivity index (χ1) is 11.6. The number of amides is 1. The molecule has 0 bridgehead atoms. The van der Waals surface area contributed by atoms with E-state index in [2.05, 4.69) is 10.4 Å². The van der Waals surface area contributed by atoms with Crippen LogP contribution in [0.4, 0.5) is 0 Å². The van der Waals surface area contributed by atoms with Crippen molar-refractivity contribution in [3.05, 3.63) is 52.8 Å². The summed E-state index contributed by atoms with van der Waals surface area (Å²) in [6, 6.07) is 9.67. The molecular weight excluding hydrogens is 326 g/mol. The predicted octanol–water partition coefficient (Wildman–Crippen LogP) is 2.98. The van der Waals surface area contributed by atoms with E-state index in [1.165, 1.54) is 0 Å². The van der Waals surface area contributed by atoms with Crippen LogP contribution >= 0.6 is 11.6 Å². The highest BCUT2D eigenvalue weighted by atomic mass is 35.5. The van der Waals surface area contributed by atoms with Crippen LogP contribution in [0.2, 0.25) is 0 Å². The van der Waals surface area contributed by atoms with Crippen LogP contribution in [0.1, 0.15) is 46.2 Å². The molecule has 2 N–H and O–H groups in total. The van der Waals surface area contributed by atoms with Gasteiger partial charge in [0.2, 0.25) is 0 Å². The number of carbonyl (C=O) groups is 1. The molecule has 5 nitrogen and oxygen atoms in total. The first-order valence-electron chi connectivity index (χ1n) is 8.15. The summed E-state index contributed by atoms with van der Waals surface area (Å²) in [6.45, 7) is 4.39. The SMILES string of the molecule is Cc1nn(CCCl)c(C)c1C(=O)NC(CCCO)c1ccccc1. The molecule has 2 rings (SSSR count). The van der Waals surface area contributed by atoms with Gasteiger partial charge in [-0.25, -0.2) is 0 Å². The predicted molar refractivity (Wildman–Crippen MR) is 95.4 cm³/mol. The Labute approximate surface area is 147 Å². The van der Waals surface area contributed by atoms with Gasteiger partial charge >= 0.3 is 0 Å². The number of alkyl halides is 1. The number of aliphatic hydroxyl groups excluding tert-OH is 1. The average Bonchev–Trinajstić information content (AvgIpc) is 2.86. The molecule has 1 unspecified atom stereocenters. The maximum Gasteiger partial charge on any atom is 0.255 e. The van der Waals surface area contributed by atoms with Gasteiger partial charge in [-0.3, -0.25) is 9.48 Å². The van der Waals surface area contributed by atoms with Crippen molar-refractivity contribution < 1.29 is 9.90 Å². The van der Waals surface area contributed by atoms with Crippen molar-refractivity contribution in [1.82, 2.24) is 15.1 Å². The fraction of sp³-hybridized carbons (Fsp3) is 0.444. The van der Waals surface area contributed by atoms with E-state index < -0.39 is 0 Å². The Kier molecular flexibility index (Phi) is 6.82. The standard InChI is InChI=1S/C18H24ClN3O2/c1-13-17(14(2)22(21-13)11-10-19)18(24)20-16(9-6-12-23)15-7-4-3-5-8-15/h3-5,7-8,16,23H,6,9-12H2,1-2H3,(H,20,24). The number of nitrogens with one attached hydrogen (secondary N) is 1. The maximum absolute atomic E-state index is 12.8. The van der Waals surface area contributed by atoms with Crippen LogP contribution < -0.4 is 5.32 Å². The molecule has 130 valence electrons. The fourth-order valence-corrected chi connectivity index (χ4v) is 3.02. The Balaban J connectivity index is 2.21. The van der Waals surface area contributed by atoms with Gasteiger partial charge in [0.1, 0.15) is 0 Å². The number of hydrogen-bond acceptors (Lipinski definition) is 3. The van der Waals surface area contributed by atoms with Crippen LogP contribution in [-0.2, 0) is 6.54 Å². The lowest BCUT2D eigenvalue weighted by molar-refractivity contribution is 0.0931. The number of benzene rings is 1. The number of aromatic nitrogens is 2.